The number of rotatable bonds is 15. The van der Waals surface area contributed by atoms with Crippen molar-refractivity contribution in [2.24, 2.45) is 5.92 Å². The van der Waals surface area contributed by atoms with Gasteiger partial charge in [0, 0.05) is 25.7 Å². The van der Waals surface area contributed by atoms with E-state index in [9.17, 15) is 9.59 Å². The highest BCUT2D eigenvalue weighted by Crippen LogP contribution is 2.11. The molecule has 0 aliphatic carbocycles. The lowest BCUT2D eigenvalue weighted by Gasteiger charge is -2.13. The van der Waals surface area contributed by atoms with Crippen LogP contribution in [0.2, 0.25) is 0 Å². The zero-order valence-electron chi connectivity index (χ0n) is 18.0. The zero-order chi connectivity index (χ0) is 20.3. The van der Waals surface area contributed by atoms with Crippen LogP contribution in [0.25, 0.3) is 0 Å². The lowest BCUT2D eigenvalue weighted by molar-refractivity contribution is -0.149. The van der Waals surface area contributed by atoms with Gasteiger partial charge in [0.1, 0.15) is 6.10 Å². The first kappa shape index (κ1) is 25.5. The Bertz CT molecular complexity index is 445. The molecule has 4 heteroatoms. The summed E-state index contributed by atoms with van der Waals surface area (Å²) >= 11 is 0. The summed E-state index contributed by atoms with van der Waals surface area (Å²) < 4.78 is 10.7. The van der Waals surface area contributed by atoms with E-state index in [0.29, 0.717) is 31.8 Å². The standard InChI is InChI=1S/C23H40O4/c1-5-7-8-13-16-21(6-2)27-23(25)18-15-12-10-9-11-14-17-22(24)26-19-20(3)4/h20-21H,5-7,9-12,14-19H2,1-4H3. The average Bonchev–Trinajstić information content (AvgIpc) is 2.64. The third-order valence-corrected chi connectivity index (χ3v) is 4.17. The quantitative estimate of drug-likeness (QED) is 0.204. The van der Waals surface area contributed by atoms with Crippen LogP contribution < -0.4 is 0 Å². The lowest BCUT2D eigenvalue weighted by atomic mass is 10.1. The molecule has 0 heterocycles. The molecule has 1 unspecified atom stereocenters. The van der Waals surface area contributed by atoms with Crippen LogP contribution in [-0.2, 0) is 19.1 Å². The monoisotopic (exact) mass is 380 g/mol. The molecular weight excluding hydrogens is 340 g/mol. The van der Waals surface area contributed by atoms with Crippen molar-refractivity contribution >= 4 is 11.9 Å². The van der Waals surface area contributed by atoms with Crippen LogP contribution in [0.5, 0.6) is 0 Å². The first-order chi connectivity index (χ1) is 13.0. The first-order valence-corrected chi connectivity index (χ1v) is 10.8. The van der Waals surface area contributed by atoms with Crippen molar-refractivity contribution in [1.82, 2.24) is 0 Å². The van der Waals surface area contributed by atoms with E-state index in [1.54, 1.807) is 0 Å². The van der Waals surface area contributed by atoms with Gasteiger partial charge in [-0.3, -0.25) is 9.59 Å². The Morgan fingerprint density at radius 2 is 1.44 bits per heavy atom. The van der Waals surface area contributed by atoms with Crippen molar-refractivity contribution < 1.29 is 19.1 Å². The van der Waals surface area contributed by atoms with E-state index >= 15 is 0 Å². The van der Waals surface area contributed by atoms with E-state index in [4.69, 9.17) is 9.47 Å². The van der Waals surface area contributed by atoms with E-state index in [1.165, 1.54) is 0 Å². The molecule has 0 amide bonds. The third-order valence-electron chi connectivity index (χ3n) is 4.17. The maximum atomic E-state index is 11.9. The van der Waals surface area contributed by atoms with Crippen LogP contribution in [-0.4, -0.2) is 24.6 Å². The first-order valence-electron chi connectivity index (χ1n) is 10.8. The van der Waals surface area contributed by atoms with Crippen LogP contribution in [0, 0.1) is 17.8 Å². The summed E-state index contributed by atoms with van der Waals surface area (Å²) in [6, 6.07) is 0. The average molecular weight is 381 g/mol. The molecule has 27 heavy (non-hydrogen) atoms. The van der Waals surface area contributed by atoms with Gasteiger partial charge in [0.25, 0.3) is 0 Å². The number of ether oxygens (including phenoxy) is 2. The summed E-state index contributed by atoms with van der Waals surface area (Å²) in [4.78, 5) is 23.4. The fourth-order valence-corrected chi connectivity index (χ4v) is 2.49. The van der Waals surface area contributed by atoms with Crippen molar-refractivity contribution in [3.05, 3.63) is 0 Å². The van der Waals surface area contributed by atoms with Crippen molar-refractivity contribution in [3.63, 3.8) is 0 Å². The van der Waals surface area contributed by atoms with Crippen LogP contribution in [0.1, 0.15) is 105 Å². The number of carbonyl (C=O) groups excluding carboxylic acids is 2. The summed E-state index contributed by atoms with van der Waals surface area (Å²) in [5.74, 6) is 6.40. The summed E-state index contributed by atoms with van der Waals surface area (Å²) in [5, 5.41) is 0. The fourth-order valence-electron chi connectivity index (χ4n) is 2.49. The van der Waals surface area contributed by atoms with Crippen LogP contribution in [0.3, 0.4) is 0 Å². The molecule has 0 bridgehead atoms. The molecule has 0 aliphatic heterocycles. The summed E-state index contributed by atoms with van der Waals surface area (Å²) in [6.45, 7) is 8.71. The summed E-state index contributed by atoms with van der Waals surface area (Å²) in [6.07, 6.45) is 10.4. The normalized spacial score (nSPS) is 11.6. The predicted octanol–water partition coefficient (Wildman–Crippen LogP) is 5.82. The minimum atomic E-state index is -0.105. The van der Waals surface area contributed by atoms with Gasteiger partial charge in [-0.25, -0.2) is 0 Å². The summed E-state index contributed by atoms with van der Waals surface area (Å²) in [7, 11) is 0. The van der Waals surface area contributed by atoms with Crippen molar-refractivity contribution in [1.29, 1.82) is 0 Å². The van der Waals surface area contributed by atoms with Gasteiger partial charge in [-0.05, 0) is 31.6 Å². The van der Waals surface area contributed by atoms with Crippen LogP contribution >= 0.6 is 0 Å². The Hall–Kier alpha value is -1.50. The van der Waals surface area contributed by atoms with Gasteiger partial charge >= 0.3 is 11.9 Å². The Labute approximate surface area is 166 Å². The van der Waals surface area contributed by atoms with E-state index in [0.717, 1.165) is 57.8 Å². The largest absolute Gasteiger partial charge is 0.465 e. The van der Waals surface area contributed by atoms with Crippen molar-refractivity contribution in [2.45, 2.75) is 111 Å². The minimum absolute atomic E-state index is 0.0719. The second kappa shape index (κ2) is 17.9. The molecule has 0 N–H and O–H groups in total. The van der Waals surface area contributed by atoms with Gasteiger partial charge < -0.3 is 9.47 Å². The van der Waals surface area contributed by atoms with Crippen molar-refractivity contribution in [2.75, 3.05) is 6.61 Å². The summed E-state index contributed by atoms with van der Waals surface area (Å²) in [5.41, 5.74) is 0. The third kappa shape index (κ3) is 17.7. The lowest BCUT2D eigenvalue weighted by Crippen LogP contribution is -2.16. The second-order valence-corrected chi connectivity index (χ2v) is 7.53. The zero-order valence-corrected chi connectivity index (χ0v) is 18.0. The van der Waals surface area contributed by atoms with E-state index < -0.39 is 0 Å². The predicted molar refractivity (Wildman–Crippen MR) is 110 cm³/mol. The van der Waals surface area contributed by atoms with Crippen molar-refractivity contribution in [3.8, 4) is 11.8 Å². The van der Waals surface area contributed by atoms with Crippen LogP contribution in [0.4, 0.5) is 0 Å². The highest BCUT2D eigenvalue weighted by atomic mass is 16.5. The van der Waals surface area contributed by atoms with Gasteiger partial charge in [-0.15, -0.1) is 5.92 Å². The molecular formula is C23H40O4. The maximum absolute atomic E-state index is 11.9. The van der Waals surface area contributed by atoms with E-state index in [2.05, 4.69) is 18.8 Å². The molecule has 156 valence electrons. The Morgan fingerprint density at radius 3 is 2.00 bits per heavy atom. The number of carbonyl (C=O) groups is 2. The topological polar surface area (TPSA) is 52.6 Å². The minimum Gasteiger partial charge on any atom is -0.465 e. The Morgan fingerprint density at radius 1 is 0.852 bits per heavy atom. The van der Waals surface area contributed by atoms with Gasteiger partial charge in [0.15, 0.2) is 0 Å². The molecule has 0 spiro atoms. The highest BCUT2D eigenvalue weighted by molar-refractivity contribution is 5.69. The number of hydrogen-bond donors (Lipinski definition) is 0. The number of esters is 2. The molecule has 0 aliphatic rings. The smallest absolute Gasteiger partial charge is 0.306 e. The number of hydrogen-bond acceptors (Lipinski definition) is 4. The number of unbranched alkanes of at least 4 members (excludes halogenated alkanes) is 6. The Balaban J connectivity index is 3.59. The molecule has 0 aromatic heterocycles. The van der Waals surface area contributed by atoms with Gasteiger partial charge in [-0.1, -0.05) is 59.3 Å². The van der Waals surface area contributed by atoms with Gasteiger partial charge in [0.2, 0.25) is 0 Å². The molecule has 0 radical (unpaired) electrons. The van der Waals surface area contributed by atoms with Gasteiger partial charge in [-0.2, -0.15) is 0 Å². The molecule has 4 nitrogen and oxygen atoms in total. The fraction of sp³-hybridized carbons (Fsp3) is 0.826. The van der Waals surface area contributed by atoms with E-state index in [-0.39, 0.29) is 18.0 Å². The molecule has 0 aromatic carbocycles. The second-order valence-electron chi connectivity index (χ2n) is 7.53. The molecule has 0 saturated carbocycles. The SMILES string of the molecule is CCCC#CCC(CC)OC(=O)CCCCCCCCC(=O)OCC(C)C. The molecule has 0 rings (SSSR count). The highest BCUT2D eigenvalue weighted by Gasteiger charge is 2.11. The van der Waals surface area contributed by atoms with Gasteiger partial charge in [0.05, 0.1) is 6.61 Å². The maximum Gasteiger partial charge on any atom is 0.306 e. The Kier molecular flexibility index (Phi) is 16.9. The molecule has 0 saturated heterocycles. The van der Waals surface area contributed by atoms with Crippen LogP contribution in [0.15, 0.2) is 0 Å². The molecule has 0 aromatic rings. The van der Waals surface area contributed by atoms with E-state index in [1.807, 2.05) is 20.8 Å². The molecule has 0 fully saturated rings. The molecule has 1 atom stereocenters.